The van der Waals surface area contributed by atoms with E-state index in [-0.39, 0.29) is 18.0 Å². The predicted molar refractivity (Wildman–Crippen MR) is 100 cm³/mol. The van der Waals surface area contributed by atoms with Gasteiger partial charge in [0.05, 0.1) is 5.52 Å². The Labute approximate surface area is 149 Å². The van der Waals surface area contributed by atoms with Crippen LogP contribution in [0, 0.1) is 0 Å². The smallest absolute Gasteiger partial charge is 0.291 e. The van der Waals surface area contributed by atoms with Gasteiger partial charge in [0, 0.05) is 11.9 Å². The molecule has 0 spiro atoms. The van der Waals surface area contributed by atoms with Crippen LogP contribution in [0.4, 0.5) is 0 Å². The van der Waals surface area contributed by atoms with Gasteiger partial charge in [-0.05, 0) is 24.1 Å². The van der Waals surface area contributed by atoms with Crippen LogP contribution in [0.5, 0.6) is 0 Å². The lowest BCUT2D eigenvalue weighted by atomic mass is 10.1. The number of aromatic nitrogens is 3. The Bertz CT molecular complexity index is 1130. The van der Waals surface area contributed by atoms with Gasteiger partial charge in [-0.25, -0.2) is 4.68 Å². The molecule has 0 aliphatic rings. The summed E-state index contributed by atoms with van der Waals surface area (Å²) in [7, 11) is 0. The second kappa shape index (κ2) is 6.84. The zero-order valence-corrected chi connectivity index (χ0v) is 14.1. The molecule has 0 saturated carbocycles. The summed E-state index contributed by atoms with van der Waals surface area (Å²) in [5.74, 6) is -0.226. The average Bonchev–Trinajstić information content (AvgIpc) is 3.04. The second-order valence-electron chi connectivity index (χ2n) is 6.14. The summed E-state index contributed by atoms with van der Waals surface area (Å²) < 4.78 is 2.95. The van der Waals surface area contributed by atoms with Crippen LogP contribution < -0.4 is 10.9 Å². The first kappa shape index (κ1) is 16.1. The molecule has 1 amide bonds. The molecule has 0 fully saturated rings. The number of amides is 1. The molecular formula is C20H18N4O2. The fourth-order valence-corrected chi connectivity index (χ4v) is 3.06. The zero-order valence-electron chi connectivity index (χ0n) is 14.1. The molecule has 0 aliphatic heterocycles. The minimum absolute atomic E-state index is 0.0916. The van der Waals surface area contributed by atoms with Crippen LogP contribution in [0.3, 0.4) is 0 Å². The minimum atomic E-state index is -0.276. The molecule has 0 saturated heterocycles. The van der Waals surface area contributed by atoms with Gasteiger partial charge in [-0.1, -0.05) is 48.5 Å². The van der Waals surface area contributed by atoms with Crippen LogP contribution in [0.1, 0.15) is 5.56 Å². The third kappa shape index (κ3) is 3.09. The normalized spacial score (nSPS) is 11.1. The van der Waals surface area contributed by atoms with Crippen molar-refractivity contribution in [2.24, 2.45) is 0 Å². The topological polar surface area (TPSA) is 68.4 Å². The van der Waals surface area contributed by atoms with Crippen molar-refractivity contribution in [1.29, 1.82) is 0 Å². The quantitative estimate of drug-likeness (QED) is 0.601. The van der Waals surface area contributed by atoms with E-state index < -0.39 is 0 Å². The standard InChI is InChI=1S/C20H18N4O2/c25-19(21-11-10-15-6-2-1-3-7-15)13-24-20(26)18-12-16-8-4-5-9-17(16)23(18)14-22-24/h1-9,12,14H,10-11,13H2,(H,21,25). The third-order valence-electron chi connectivity index (χ3n) is 4.38. The zero-order chi connectivity index (χ0) is 17.9. The lowest BCUT2D eigenvalue weighted by Gasteiger charge is -2.07. The number of benzene rings is 2. The van der Waals surface area contributed by atoms with E-state index in [1.807, 2.05) is 60.7 Å². The molecule has 6 nitrogen and oxygen atoms in total. The van der Waals surface area contributed by atoms with E-state index in [9.17, 15) is 9.59 Å². The molecule has 2 aromatic heterocycles. The van der Waals surface area contributed by atoms with E-state index >= 15 is 0 Å². The maximum atomic E-state index is 12.6. The van der Waals surface area contributed by atoms with Gasteiger partial charge >= 0.3 is 0 Å². The number of carbonyl (C=O) groups excluding carboxylic acids is 1. The van der Waals surface area contributed by atoms with Crippen LogP contribution in [0.2, 0.25) is 0 Å². The van der Waals surface area contributed by atoms with Crippen LogP contribution in [-0.4, -0.2) is 26.6 Å². The number of carbonyl (C=O) groups is 1. The summed E-state index contributed by atoms with van der Waals surface area (Å²) in [5.41, 5.74) is 2.32. The number of para-hydroxylation sites is 1. The Morgan fingerprint density at radius 3 is 2.62 bits per heavy atom. The van der Waals surface area contributed by atoms with Gasteiger partial charge in [-0.15, -0.1) is 0 Å². The van der Waals surface area contributed by atoms with Crippen LogP contribution in [0.15, 0.2) is 71.8 Å². The Morgan fingerprint density at radius 2 is 1.77 bits per heavy atom. The summed E-state index contributed by atoms with van der Waals surface area (Å²) in [6, 6.07) is 19.5. The highest BCUT2D eigenvalue weighted by atomic mass is 16.2. The number of hydrogen-bond donors (Lipinski definition) is 1. The third-order valence-corrected chi connectivity index (χ3v) is 4.38. The van der Waals surface area contributed by atoms with Crippen molar-refractivity contribution in [3.8, 4) is 0 Å². The van der Waals surface area contributed by atoms with Gasteiger partial charge in [-0.3, -0.25) is 14.0 Å². The molecule has 4 rings (SSSR count). The van der Waals surface area contributed by atoms with Gasteiger partial charge < -0.3 is 5.32 Å². The van der Waals surface area contributed by atoms with Gasteiger partial charge in [0.1, 0.15) is 18.4 Å². The molecule has 0 unspecified atom stereocenters. The number of rotatable bonds is 5. The molecule has 0 radical (unpaired) electrons. The maximum absolute atomic E-state index is 12.6. The summed E-state index contributed by atoms with van der Waals surface area (Å²) in [6.45, 7) is 0.431. The SMILES string of the molecule is O=C(Cn1ncn2c(cc3ccccc32)c1=O)NCCc1ccccc1. The first-order chi connectivity index (χ1) is 12.7. The average molecular weight is 346 g/mol. The van der Waals surface area contributed by atoms with Crippen LogP contribution in [0.25, 0.3) is 16.4 Å². The molecule has 26 heavy (non-hydrogen) atoms. The molecule has 130 valence electrons. The Balaban J connectivity index is 1.48. The van der Waals surface area contributed by atoms with Crippen LogP contribution >= 0.6 is 0 Å². The van der Waals surface area contributed by atoms with Crippen LogP contribution in [-0.2, 0) is 17.8 Å². The van der Waals surface area contributed by atoms with Crippen molar-refractivity contribution in [3.63, 3.8) is 0 Å². The van der Waals surface area contributed by atoms with E-state index in [0.29, 0.717) is 12.1 Å². The lowest BCUT2D eigenvalue weighted by Crippen LogP contribution is -2.35. The van der Waals surface area contributed by atoms with Gasteiger partial charge in [0.25, 0.3) is 5.56 Å². The number of fused-ring (bicyclic) bond motifs is 3. The Hall–Kier alpha value is -3.41. The van der Waals surface area contributed by atoms with Crippen molar-refractivity contribution >= 4 is 22.3 Å². The minimum Gasteiger partial charge on any atom is -0.354 e. The monoisotopic (exact) mass is 346 g/mol. The Kier molecular flexibility index (Phi) is 4.23. The van der Waals surface area contributed by atoms with E-state index in [1.165, 1.54) is 4.68 Å². The van der Waals surface area contributed by atoms with E-state index in [1.54, 1.807) is 10.7 Å². The predicted octanol–water partition coefficient (Wildman–Crippen LogP) is 2.01. The number of nitrogens with one attached hydrogen (secondary N) is 1. The molecule has 2 heterocycles. The highest BCUT2D eigenvalue weighted by molar-refractivity contribution is 5.86. The summed E-state index contributed by atoms with van der Waals surface area (Å²) in [5, 5.41) is 7.95. The molecular weight excluding hydrogens is 328 g/mol. The number of nitrogens with zero attached hydrogens (tertiary/aromatic N) is 3. The van der Waals surface area contributed by atoms with Crippen molar-refractivity contribution in [2.45, 2.75) is 13.0 Å². The lowest BCUT2D eigenvalue weighted by molar-refractivity contribution is -0.121. The van der Waals surface area contributed by atoms with Crippen molar-refractivity contribution in [1.82, 2.24) is 19.5 Å². The van der Waals surface area contributed by atoms with Gasteiger partial charge in [0.2, 0.25) is 5.91 Å². The molecule has 2 aromatic carbocycles. The Morgan fingerprint density at radius 1 is 1.00 bits per heavy atom. The highest BCUT2D eigenvalue weighted by Crippen LogP contribution is 2.16. The summed E-state index contributed by atoms with van der Waals surface area (Å²) in [4.78, 5) is 24.8. The van der Waals surface area contributed by atoms with Crippen molar-refractivity contribution < 1.29 is 4.79 Å². The fraction of sp³-hybridized carbons (Fsp3) is 0.150. The maximum Gasteiger partial charge on any atom is 0.291 e. The van der Waals surface area contributed by atoms with Gasteiger partial charge in [-0.2, -0.15) is 5.10 Å². The number of hydrogen-bond acceptors (Lipinski definition) is 3. The highest BCUT2D eigenvalue weighted by Gasteiger charge is 2.11. The van der Waals surface area contributed by atoms with Crippen molar-refractivity contribution in [3.05, 3.63) is 82.9 Å². The first-order valence-corrected chi connectivity index (χ1v) is 8.49. The fourth-order valence-electron chi connectivity index (χ4n) is 3.06. The second-order valence-corrected chi connectivity index (χ2v) is 6.14. The molecule has 0 bridgehead atoms. The summed E-state index contributed by atoms with van der Waals surface area (Å²) >= 11 is 0. The first-order valence-electron chi connectivity index (χ1n) is 8.49. The molecule has 0 aliphatic carbocycles. The molecule has 6 heteroatoms. The largest absolute Gasteiger partial charge is 0.354 e. The molecule has 4 aromatic rings. The van der Waals surface area contributed by atoms with Crippen molar-refractivity contribution in [2.75, 3.05) is 6.54 Å². The molecule has 0 atom stereocenters. The van der Waals surface area contributed by atoms with E-state index in [4.69, 9.17) is 0 Å². The molecule has 1 N–H and O–H groups in total. The van der Waals surface area contributed by atoms with E-state index in [2.05, 4.69) is 10.4 Å². The van der Waals surface area contributed by atoms with Gasteiger partial charge in [0.15, 0.2) is 0 Å². The summed E-state index contributed by atoms with van der Waals surface area (Å²) in [6.07, 6.45) is 2.33. The van der Waals surface area contributed by atoms with E-state index in [0.717, 1.165) is 22.9 Å².